The Labute approximate surface area is 134 Å². The second-order valence-electron chi connectivity index (χ2n) is 5.50. The molecule has 0 unspecified atom stereocenters. The molecule has 0 atom stereocenters. The summed E-state index contributed by atoms with van der Waals surface area (Å²) in [6.07, 6.45) is 3.81. The number of aromatic nitrogens is 1. The molecule has 5 nitrogen and oxygen atoms in total. The molecule has 22 heavy (non-hydrogen) atoms. The summed E-state index contributed by atoms with van der Waals surface area (Å²) in [5.41, 5.74) is 0.528. The standard InChI is InChI=1S/C16H21N3O2S/c1-2-6-18-7-4-8-19(10-9-18)16(20)13-12-22-15(17-13)14-5-3-11-21-14/h3,5,11-12H,2,4,6-10H2,1H3. The van der Waals surface area contributed by atoms with E-state index in [9.17, 15) is 4.79 Å². The lowest BCUT2D eigenvalue weighted by Gasteiger charge is -2.20. The third kappa shape index (κ3) is 3.39. The second kappa shape index (κ2) is 7.07. The van der Waals surface area contributed by atoms with Crippen molar-refractivity contribution in [3.8, 4) is 10.8 Å². The first-order valence-electron chi connectivity index (χ1n) is 7.79. The Morgan fingerprint density at radius 3 is 3.05 bits per heavy atom. The van der Waals surface area contributed by atoms with Crippen LogP contribution in [0, 0.1) is 0 Å². The van der Waals surface area contributed by atoms with E-state index in [-0.39, 0.29) is 5.91 Å². The Kier molecular flexibility index (Phi) is 4.90. The summed E-state index contributed by atoms with van der Waals surface area (Å²) in [5.74, 6) is 0.751. The van der Waals surface area contributed by atoms with Gasteiger partial charge in [0.05, 0.1) is 6.26 Å². The molecule has 118 valence electrons. The molecule has 0 saturated carbocycles. The van der Waals surface area contributed by atoms with Crippen molar-refractivity contribution in [2.75, 3.05) is 32.7 Å². The SMILES string of the molecule is CCCN1CCCN(C(=O)c2csc(-c3ccco3)n2)CC1. The van der Waals surface area contributed by atoms with Crippen LogP contribution in [0.4, 0.5) is 0 Å². The number of nitrogens with zero attached hydrogens (tertiary/aromatic N) is 3. The molecule has 1 saturated heterocycles. The molecular weight excluding hydrogens is 298 g/mol. The van der Waals surface area contributed by atoms with E-state index in [1.165, 1.54) is 11.3 Å². The van der Waals surface area contributed by atoms with Gasteiger partial charge in [-0.05, 0) is 38.1 Å². The summed E-state index contributed by atoms with van der Waals surface area (Å²) in [6.45, 7) is 6.93. The predicted molar refractivity (Wildman–Crippen MR) is 87.1 cm³/mol. The maximum absolute atomic E-state index is 12.6. The Morgan fingerprint density at radius 2 is 2.27 bits per heavy atom. The lowest BCUT2D eigenvalue weighted by atomic mass is 10.3. The number of carbonyl (C=O) groups is 1. The van der Waals surface area contributed by atoms with Crippen molar-refractivity contribution in [2.45, 2.75) is 19.8 Å². The van der Waals surface area contributed by atoms with Crippen LogP contribution in [0.5, 0.6) is 0 Å². The van der Waals surface area contributed by atoms with Gasteiger partial charge in [0.2, 0.25) is 0 Å². The highest BCUT2D eigenvalue weighted by molar-refractivity contribution is 7.13. The van der Waals surface area contributed by atoms with E-state index < -0.39 is 0 Å². The number of furan rings is 1. The van der Waals surface area contributed by atoms with Crippen LogP contribution in [0.1, 0.15) is 30.3 Å². The van der Waals surface area contributed by atoms with E-state index in [2.05, 4.69) is 16.8 Å². The van der Waals surface area contributed by atoms with Gasteiger partial charge in [-0.25, -0.2) is 4.98 Å². The van der Waals surface area contributed by atoms with Gasteiger partial charge in [-0.15, -0.1) is 11.3 Å². The molecule has 0 radical (unpaired) electrons. The monoisotopic (exact) mass is 319 g/mol. The van der Waals surface area contributed by atoms with Gasteiger partial charge < -0.3 is 14.2 Å². The summed E-state index contributed by atoms with van der Waals surface area (Å²) < 4.78 is 5.34. The van der Waals surface area contributed by atoms with Crippen LogP contribution in [-0.4, -0.2) is 53.4 Å². The summed E-state index contributed by atoms with van der Waals surface area (Å²) in [5, 5.41) is 2.59. The van der Waals surface area contributed by atoms with Crippen molar-refractivity contribution >= 4 is 17.2 Å². The minimum absolute atomic E-state index is 0.0346. The molecule has 1 aliphatic rings. The van der Waals surface area contributed by atoms with Crippen LogP contribution in [0.2, 0.25) is 0 Å². The third-order valence-corrected chi connectivity index (χ3v) is 4.73. The lowest BCUT2D eigenvalue weighted by molar-refractivity contribution is 0.0756. The van der Waals surface area contributed by atoms with Gasteiger partial charge in [0.1, 0.15) is 5.69 Å². The van der Waals surface area contributed by atoms with Crippen molar-refractivity contribution in [1.29, 1.82) is 0 Å². The smallest absolute Gasteiger partial charge is 0.273 e. The third-order valence-electron chi connectivity index (χ3n) is 3.87. The predicted octanol–water partition coefficient (Wildman–Crippen LogP) is 2.96. The van der Waals surface area contributed by atoms with Crippen LogP contribution in [0.3, 0.4) is 0 Å². The fourth-order valence-electron chi connectivity index (χ4n) is 2.76. The van der Waals surface area contributed by atoms with Gasteiger partial charge in [-0.1, -0.05) is 6.92 Å². The van der Waals surface area contributed by atoms with Crippen LogP contribution in [0.25, 0.3) is 10.8 Å². The zero-order valence-electron chi connectivity index (χ0n) is 12.8. The van der Waals surface area contributed by atoms with Crippen molar-refractivity contribution < 1.29 is 9.21 Å². The van der Waals surface area contributed by atoms with Gasteiger partial charge in [0.25, 0.3) is 5.91 Å². The van der Waals surface area contributed by atoms with Gasteiger partial charge >= 0.3 is 0 Å². The minimum atomic E-state index is 0.0346. The van der Waals surface area contributed by atoms with Crippen molar-refractivity contribution in [3.05, 3.63) is 29.5 Å². The maximum atomic E-state index is 12.6. The van der Waals surface area contributed by atoms with Crippen LogP contribution in [0.15, 0.2) is 28.2 Å². The molecule has 0 aromatic carbocycles. The topological polar surface area (TPSA) is 49.6 Å². The Bertz CT molecular complexity index is 609. The highest BCUT2D eigenvalue weighted by atomic mass is 32.1. The van der Waals surface area contributed by atoms with E-state index in [0.29, 0.717) is 11.5 Å². The zero-order valence-corrected chi connectivity index (χ0v) is 13.6. The van der Waals surface area contributed by atoms with Crippen LogP contribution < -0.4 is 0 Å². The highest BCUT2D eigenvalue weighted by Crippen LogP contribution is 2.24. The normalized spacial score (nSPS) is 16.7. The van der Waals surface area contributed by atoms with Gasteiger partial charge in [-0.3, -0.25) is 4.79 Å². The van der Waals surface area contributed by atoms with E-state index in [4.69, 9.17) is 4.42 Å². The highest BCUT2D eigenvalue weighted by Gasteiger charge is 2.22. The number of thiazole rings is 1. The van der Waals surface area contributed by atoms with Crippen molar-refractivity contribution in [1.82, 2.24) is 14.8 Å². The molecule has 0 bridgehead atoms. The molecule has 0 spiro atoms. The molecule has 3 heterocycles. The number of hydrogen-bond acceptors (Lipinski definition) is 5. The number of amides is 1. The first-order chi connectivity index (χ1) is 10.8. The van der Waals surface area contributed by atoms with E-state index >= 15 is 0 Å². The Morgan fingerprint density at radius 1 is 1.36 bits per heavy atom. The molecule has 1 aliphatic heterocycles. The maximum Gasteiger partial charge on any atom is 0.273 e. The van der Waals surface area contributed by atoms with Crippen molar-refractivity contribution in [2.24, 2.45) is 0 Å². The van der Waals surface area contributed by atoms with Gasteiger partial charge in [0.15, 0.2) is 10.8 Å². The van der Waals surface area contributed by atoms with Gasteiger partial charge in [-0.2, -0.15) is 0 Å². The molecule has 0 aliphatic carbocycles. The quantitative estimate of drug-likeness (QED) is 0.869. The van der Waals surface area contributed by atoms with Crippen molar-refractivity contribution in [3.63, 3.8) is 0 Å². The molecule has 2 aromatic rings. The van der Waals surface area contributed by atoms with E-state index in [0.717, 1.165) is 50.6 Å². The summed E-state index contributed by atoms with van der Waals surface area (Å²) in [6, 6.07) is 3.69. The Balaban J connectivity index is 1.66. The molecular formula is C16H21N3O2S. The summed E-state index contributed by atoms with van der Waals surface area (Å²) >= 11 is 1.45. The molecule has 1 amide bonds. The van der Waals surface area contributed by atoms with Gasteiger partial charge in [0, 0.05) is 25.0 Å². The molecule has 3 rings (SSSR count). The minimum Gasteiger partial charge on any atom is -0.462 e. The molecule has 2 aromatic heterocycles. The molecule has 0 N–H and O–H groups in total. The fourth-order valence-corrected chi connectivity index (χ4v) is 3.52. The second-order valence-corrected chi connectivity index (χ2v) is 6.36. The molecule has 1 fully saturated rings. The van der Waals surface area contributed by atoms with Crippen LogP contribution in [-0.2, 0) is 0 Å². The van der Waals surface area contributed by atoms with Crippen LogP contribution >= 0.6 is 11.3 Å². The average Bonchev–Trinajstić information content (AvgIpc) is 3.16. The zero-order chi connectivity index (χ0) is 15.4. The Hall–Kier alpha value is -1.66. The van der Waals surface area contributed by atoms with E-state index in [1.54, 1.807) is 6.26 Å². The largest absolute Gasteiger partial charge is 0.462 e. The fraction of sp³-hybridized carbons (Fsp3) is 0.500. The first-order valence-corrected chi connectivity index (χ1v) is 8.67. The lowest BCUT2D eigenvalue weighted by Crippen LogP contribution is -2.35. The number of hydrogen-bond donors (Lipinski definition) is 0. The molecule has 6 heteroatoms. The van der Waals surface area contributed by atoms with E-state index in [1.807, 2.05) is 22.4 Å². The number of rotatable bonds is 4. The number of carbonyl (C=O) groups excluding carboxylic acids is 1. The summed E-state index contributed by atoms with van der Waals surface area (Å²) in [4.78, 5) is 21.4. The summed E-state index contributed by atoms with van der Waals surface area (Å²) in [7, 11) is 0. The average molecular weight is 319 g/mol. The first kappa shape index (κ1) is 15.2.